The van der Waals surface area contributed by atoms with E-state index in [-0.39, 0.29) is 24.9 Å². The fourth-order valence-electron chi connectivity index (χ4n) is 3.91. The highest BCUT2D eigenvalue weighted by Crippen LogP contribution is 2.36. The molecule has 0 aromatic heterocycles. The summed E-state index contributed by atoms with van der Waals surface area (Å²) in [5, 5.41) is 3.64. The van der Waals surface area contributed by atoms with E-state index in [0.717, 1.165) is 23.4 Å². The first kappa shape index (κ1) is 28.9. The Bertz CT molecular complexity index is 1240. The summed E-state index contributed by atoms with van der Waals surface area (Å²) in [5.74, 6) is -0.0163. The molecule has 0 fully saturated rings. The minimum absolute atomic E-state index is 0.00667. The van der Waals surface area contributed by atoms with Crippen LogP contribution in [0.25, 0.3) is 0 Å². The summed E-state index contributed by atoms with van der Waals surface area (Å²) >= 11 is 12.4. The maximum atomic E-state index is 13.7. The summed E-state index contributed by atoms with van der Waals surface area (Å²) in [5.41, 5.74) is 0.818. The highest BCUT2D eigenvalue weighted by Gasteiger charge is 2.32. The Balaban J connectivity index is 1.94. The Morgan fingerprint density at radius 3 is 2.46 bits per heavy atom. The maximum absolute atomic E-state index is 13.7. The van der Waals surface area contributed by atoms with E-state index in [9.17, 15) is 18.0 Å². The summed E-state index contributed by atoms with van der Waals surface area (Å²) in [6.45, 7) is 3.77. The third-order valence-corrected chi connectivity index (χ3v) is 7.62. The van der Waals surface area contributed by atoms with Crippen LogP contribution in [0, 0.1) is 0 Å². The predicted octanol–water partition coefficient (Wildman–Crippen LogP) is 4.21. The second kappa shape index (κ2) is 12.7. The van der Waals surface area contributed by atoms with Gasteiger partial charge in [-0.15, -0.1) is 0 Å². The van der Waals surface area contributed by atoms with Gasteiger partial charge in [0.2, 0.25) is 28.6 Å². The molecule has 2 amide bonds. The smallest absolute Gasteiger partial charge is 0.244 e. The van der Waals surface area contributed by atoms with Crippen molar-refractivity contribution in [1.29, 1.82) is 0 Å². The van der Waals surface area contributed by atoms with Crippen LogP contribution in [0.3, 0.4) is 0 Å². The highest BCUT2D eigenvalue weighted by molar-refractivity contribution is 7.92. The van der Waals surface area contributed by atoms with Gasteiger partial charge in [0, 0.05) is 29.2 Å². The minimum Gasteiger partial charge on any atom is -0.454 e. The first-order valence-corrected chi connectivity index (χ1v) is 14.5. The number of unbranched alkanes of at least 4 members (excludes halogenated alkanes) is 1. The van der Waals surface area contributed by atoms with E-state index in [4.69, 9.17) is 32.7 Å². The zero-order valence-electron chi connectivity index (χ0n) is 21.0. The summed E-state index contributed by atoms with van der Waals surface area (Å²) in [6, 6.07) is 8.67. The zero-order valence-corrected chi connectivity index (χ0v) is 23.3. The van der Waals surface area contributed by atoms with Crippen molar-refractivity contribution in [2.24, 2.45) is 0 Å². The lowest BCUT2D eigenvalue weighted by molar-refractivity contribution is -0.140. The van der Waals surface area contributed by atoms with Crippen LogP contribution in [0.1, 0.15) is 38.7 Å². The average molecular weight is 573 g/mol. The number of anilines is 1. The molecule has 0 spiro atoms. The Kier molecular flexibility index (Phi) is 9.92. The number of rotatable bonds is 12. The molecule has 0 aliphatic carbocycles. The lowest BCUT2D eigenvalue weighted by Gasteiger charge is -2.33. The number of benzene rings is 2. The number of amides is 2. The van der Waals surface area contributed by atoms with Crippen LogP contribution in [-0.4, -0.2) is 57.3 Å². The SMILES string of the molecule is CCCCNC(=O)[C@H](CC)N(Cc1ccc(Cl)cc1Cl)C(=O)CN(c1ccc2c(c1)OCO2)S(C)(=O)=O. The van der Waals surface area contributed by atoms with E-state index in [1.165, 1.54) is 17.0 Å². The Morgan fingerprint density at radius 1 is 1.08 bits per heavy atom. The maximum Gasteiger partial charge on any atom is 0.244 e. The average Bonchev–Trinajstić information content (AvgIpc) is 3.31. The van der Waals surface area contributed by atoms with Crippen molar-refractivity contribution in [3.8, 4) is 11.5 Å². The van der Waals surface area contributed by atoms with Gasteiger partial charge in [0.25, 0.3) is 0 Å². The van der Waals surface area contributed by atoms with E-state index in [0.29, 0.717) is 40.1 Å². The molecule has 9 nitrogen and oxygen atoms in total. The van der Waals surface area contributed by atoms with E-state index in [1.54, 1.807) is 31.2 Å². The van der Waals surface area contributed by atoms with Crippen molar-refractivity contribution >= 4 is 50.7 Å². The molecule has 1 atom stereocenters. The van der Waals surface area contributed by atoms with Gasteiger partial charge in [0.1, 0.15) is 12.6 Å². The molecule has 3 rings (SSSR count). The summed E-state index contributed by atoms with van der Waals surface area (Å²) in [7, 11) is -3.88. The molecular weight excluding hydrogens is 541 g/mol. The van der Waals surface area contributed by atoms with E-state index in [1.807, 2.05) is 6.92 Å². The van der Waals surface area contributed by atoms with Gasteiger partial charge < -0.3 is 19.7 Å². The molecule has 12 heteroatoms. The first-order chi connectivity index (χ1) is 17.5. The molecule has 1 N–H and O–H groups in total. The third kappa shape index (κ3) is 7.43. The highest BCUT2D eigenvalue weighted by atomic mass is 35.5. The molecule has 1 heterocycles. The topological polar surface area (TPSA) is 105 Å². The van der Waals surface area contributed by atoms with Crippen LogP contribution < -0.4 is 19.1 Å². The van der Waals surface area contributed by atoms with Crippen LogP contribution in [0.5, 0.6) is 11.5 Å². The number of carbonyl (C=O) groups excluding carboxylic acids is 2. The number of hydrogen-bond acceptors (Lipinski definition) is 6. The van der Waals surface area contributed by atoms with Crippen molar-refractivity contribution in [2.75, 3.05) is 30.4 Å². The van der Waals surface area contributed by atoms with E-state index < -0.39 is 28.5 Å². The molecule has 0 unspecified atom stereocenters. The Morgan fingerprint density at radius 2 is 1.81 bits per heavy atom. The van der Waals surface area contributed by atoms with Crippen molar-refractivity contribution in [3.05, 3.63) is 52.0 Å². The van der Waals surface area contributed by atoms with Gasteiger partial charge in [0.15, 0.2) is 11.5 Å². The number of halogens is 2. The molecule has 0 saturated heterocycles. The van der Waals surface area contributed by atoms with Gasteiger partial charge in [-0.1, -0.05) is 49.5 Å². The van der Waals surface area contributed by atoms with Crippen LogP contribution in [-0.2, 0) is 26.2 Å². The number of carbonyl (C=O) groups is 2. The molecule has 0 radical (unpaired) electrons. The quantitative estimate of drug-likeness (QED) is 0.382. The number of sulfonamides is 1. The molecule has 37 heavy (non-hydrogen) atoms. The van der Waals surface area contributed by atoms with Gasteiger partial charge in [-0.25, -0.2) is 8.42 Å². The number of hydrogen-bond donors (Lipinski definition) is 1. The van der Waals surface area contributed by atoms with Crippen molar-refractivity contribution in [1.82, 2.24) is 10.2 Å². The number of nitrogens with one attached hydrogen (secondary N) is 1. The fraction of sp³-hybridized carbons (Fsp3) is 0.440. The predicted molar refractivity (Wildman–Crippen MR) is 144 cm³/mol. The number of nitrogens with zero attached hydrogens (tertiary/aromatic N) is 2. The normalized spacial score (nSPS) is 13.2. The lowest BCUT2D eigenvalue weighted by atomic mass is 10.1. The standard InChI is InChI=1S/C25H31Cl2N3O6S/c1-4-6-11-28-25(32)21(5-2)29(14-17-7-8-18(26)12-20(17)27)24(31)15-30(37(3,33)34)19-9-10-22-23(13-19)36-16-35-22/h7-10,12-13,21H,4-6,11,14-16H2,1-3H3,(H,28,32)/t21-/m0/s1. The van der Waals surface area contributed by atoms with Crippen LogP contribution >= 0.6 is 23.2 Å². The second-order valence-electron chi connectivity index (χ2n) is 8.63. The molecule has 1 aliphatic rings. The molecule has 0 bridgehead atoms. The molecule has 1 aliphatic heterocycles. The van der Waals surface area contributed by atoms with Gasteiger partial charge in [-0.2, -0.15) is 0 Å². The molecule has 202 valence electrons. The van der Waals surface area contributed by atoms with Crippen molar-refractivity contribution in [3.63, 3.8) is 0 Å². The van der Waals surface area contributed by atoms with Crippen molar-refractivity contribution in [2.45, 2.75) is 45.7 Å². The van der Waals surface area contributed by atoms with E-state index >= 15 is 0 Å². The number of ether oxygens (including phenoxy) is 2. The van der Waals surface area contributed by atoms with Gasteiger partial charge in [0.05, 0.1) is 11.9 Å². The molecule has 2 aromatic rings. The monoisotopic (exact) mass is 571 g/mol. The van der Waals surface area contributed by atoms with Crippen LogP contribution in [0.15, 0.2) is 36.4 Å². The molecular formula is C25H31Cl2N3O6S. The number of fused-ring (bicyclic) bond motifs is 1. The summed E-state index contributed by atoms with van der Waals surface area (Å²) < 4.78 is 37.2. The summed E-state index contributed by atoms with van der Waals surface area (Å²) in [4.78, 5) is 28.2. The minimum atomic E-state index is -3.88. The Hall–Kier alpha value is -2.69. The summed E-state index contributed by atoms with van der Waals surface area (Å²) in [6.07, 6.45) is 3.03. The van der Waals surface area contributed by atoms with Crippen molar-refractivity contribution < 1.29 is 27.5 Å². The molecule has 2 aromatic carbocycles. The largest absolute Gasteiger partial charge is 0.454 e. The van der Waals surface area contributed by atoms with Crippen LogP contribution in [0.4, 0.5) is 5.69 Å². The van der Waals surface area contributed by atoms with Gasteiger partial charge in [-0.05, 0) is 42.7 Å². The first-order valence-electron chi connectivity index (χ1n) is 11.9. The van der Waals surface area contributed by atoms with Crippen LogP contribution in [0.2, 0.25) is 10.0 Å². The fourth-order valence-corrected chi connectivity index (χ4v) is 5.22. The molecule has 0 saturated carbocycles. The van der Waals surface area contributed by atoms with E-state index in [2.05, 4.69) is 5.32 Å². The lowest BCUT2D eigenvalue weighted by Crippen LogP contribution is -2.52. The second-order valence-corrected chi connectivity index (χ2v) is 11.4. The van der Waals surface area contributed by atoms with Gasteiger partial charge in [-0.3, -0.25) is 13.9 Å². The Labute approximate surface area is 227 Å². The zero-order chi connectivity index (χ0) is 27.2. The van der Waals surface area contributed by atoms with Gasteiger partial charge >= 0.3 is 0 Å². The third-order valence-electron chi connectivity index (χ3n) is 5.89.